The number of carbonyl (C=O) groups excluding carboxylic acids is 1. The molecule has 23 heavy (non-hydrogen) atoms. The second-order valence-corrected chi connectivity index (χ2v) is 5.15. The largest absolute Gasteiger partial charge is 0.490 e. The van der Waals surface area contributed by atoms with E-state index in [1.165, 1.54) is 24.1 Å². The van der Waals surface area contributed by atoms with Crippen LogP contribution in [0, 0.1) is 10.1 Å². The van der Waals surface area contributed by atoms with Crippen molar-refractivity contribution in [3.8, 4) is 5.75 Å². The maximum Gasteiger partial charge on any atom is 0.320 e. The van der Waals surface area contributed by atoms with Crippen LogP contribution in [0.5, 0.6) is 5.75 Å². The van der Waals surface area contributed by atoms with E-state index in [0.29, 0.717) is 24.2 Å². The van der Waals surface area contributed by atoms with E-state index in [0.717, 1.165) is 0 Å². The number of anilines is 1. The van der Waals surface area contributed by atoms with Crippen molar-refractivity contribution in [2.75, 3.05) is 18.6 Å². The summed E-state index contributed by atoms with van der Waals surface area (Å²) in [6, 6.07) is 1.72. The van der Waals surface area contributed by atoms with E-state index in [1.54, 1.807) is 0 Å². The molecule has 0 aliphatic carbocycles. The van der Waals surface area contributed by atoms with Crippen molar-refractivity contribution >= 4 is 23.3 Å². The van der Waals surface area contributed by atoms with Crippen LogP contribution < -0.4 is 15.4 Å². The monoisotopic (exact) mass is 323 g/mol. The highest BCUT2D eigenvalue weighted by Crippen LogP contribution is 2.41. The van der Waals surface area contributed by atoms with Crippen molar-refractivity contribution in [3.63, 3.8) is 0 Å². The number of nitro groups is 1. The van der Waals surface area contributed by atoms with E-state index in [-0.39, 0.29) is 30.2 Å². The molecule has 1 amide bonds. The lowest BCUT2D eigenvalue weighted by Gasteiger charge is -2.18. The van der Waals surface area contributed by atoms with Crippen LogP contribution >= 0.6 is 0 Å². The molecule has 1 aliphatic heterocycles. The molecule has 0 spiro atoms. The van der Waals surface area contributed by atoms with Crippen LogP contribution in [0.4, 0.5) is 11.4 Å². The fourth-order valence-electron chi connectivity index (χ4n) is 2.61. The topological polar surface area (TPSA) is 136 Å². The van der Waals surface area contributed by atoms with Gasteiger partial charge in [0.2, 0.25) is 11.7 Å². The molecule has 1 aliphatic rings. The van der Waals surface area contributed by atoms with E-state index in [2.05, 4.69) is 0 Å². The number of benzene rings is 1. The highest BCUT2D eigenvalue weighted by molar-refractivity contribution is 5.96. The number of carboxylic acid groups (broad SMARTS) is 1. The number of carboxylic acids is 1. The lowest BCUT2D eigenvalue weighted by molar-refractivity contribution is -0.385. The molecule has 2 rings (SSSR count). The zero-order valence-electron chi connectivity index (χ0n) is 12.5. The maximum absolute atomic E-state index is 12.3. The summed E-state index contributed by atoms with van der Waals surface area (Å²) in [6.07, 6.45) is 0.466. The zero-order valence-corrected chi connectivity index (χ0v) is 12.5. The highest BCUT2D eigenvalue weighted by atomic mass is 16.6. The lowest BCUT2D eigenvalue weighted by atomic mass is 10.1. The first-order valence-electron chi connectivity index (χ1n) is 6.99. The number of nitrogens with zero attached hydrogens (tertiary/aromatic N) is 2. The Labute approximate surface area is 131 Å². The molecular weight excluding hydrogens is 306 g/mol. The molecule has 0 aromatic heterocycles. The molecule has 1 heterocycles. The van der Waals surface area contributed by atoms with Crippen molar-refractivity contribution in [3.05, 3.63) is 27.8 Å². The summed E-state index contributed by atoms with van der Waals surface area (Å²) in [7, 11) is 1.35. The predicted octanol–water partition coefficient (Wildman–Crippen LogP) is 0.685. The molecule has 0 saturated carbocycles. The number of hydrogen-bond donors (Lipinski definition) is 2. The Balaban J connectivity index is 2.20. The minimum absolute atomic E-state index is 0.00773. The molecule has 0 fully saturated rings. The summed E-state index contributed by atoms with van der Waals surface area (Å²) in [5.74, 6) is -1.27. The third-order valence-electron chi connectivity index (χ3n) is 3.78. The lowest BCUT2D eigenvalue weighted by Crippen LogP contribution is -2.34. The molecule has 1 atom stereocenters. The quantitative estimate of drug-likeness (QED) is 0.580. The summed E-state index contributed by atoms with van der Waals surface area (Å²) in [6.45, 7) is 0.369. The van der Waals surface area contributed by atoms with Crippen LogP contribution in [0.2, 0.25) is 0 Å². The second-order valence-electron chi connectivity index (χ2n) is 5.15. The number of nitro benzene ring substituents is 1. The first-order valence-corrected chi connectivity index (χ1v) is 6.99. The van der Waals surface area contributed by atoms with Crippen molar-refractivity contribution in [1.29, 1.82) is 0 Å². The first kappa shape index (κ1) is 16.7. The molecule has 1 aromatic carbocycles. The van der Waals surface area contributed by atoms with Gasteiger partial charge in [0.25, 0.3) is 0 Å². The van der Waals surface area contributed by atoms with Gasteiger partial charge in [-0.15, -0.1) is 0 Å². The van der Waals surface area contributed by atoms with Gasteiger partial charge in [-0.1, -0.05) is 0 Å². The van der Waals surface area contributed by atoms with E-state index in [1.807, 2.05) is 0 Å². The minimum atomic E-state index is -1.16. The van der Waals surface area contributed by atoms with Gasteiger partial charge >= 0.3 is 11.7 Å². The molecule has 3 N–H and O–H groups in total. The minimum Gasteiger partial charge on any atom is -0.490 e. The number of hydrogen-bond acceptors (Lipinski definition) is 6. The number of methoxy groups -OCH3 is 1. The van der Waals surface area contributed by atoms with Crippen molar-refractivity contribution < 1.29 is 24.4 Å². The van der Waals surface area contributed by atoms with Gasteiger partial charge in [0.05, 0.1) is 17.7 Å². The molecular formula is C14H17N3O6. The molecule has 0 unspecified atom stereocenters. The normalized spacial score (nSPS) is 14.3. The van der Waals surface area contributed by atoms with Gasteiger partial charge in [0.15, 0.2) is 0 Å². The van der Waals surface area contributed by atoms with Gasteiger partial charge in [-0.2, -0.15) is 0 Å². The van der Waals surface area contributed by atoms with Gasteiger partial charge in [-0.3, -0.25) is 19.7 Å². The average molecular weight is 323 g/mol. The van der Waals surface area contributed by atoms with Crippen molar-refractivity contribution in [1.82, 2.24) is 0 Å². The Morgan fingerprint density at radius 3 is 2.78 bits per heavy atom. The third-order valence-corrected chi connectivity index (χ3v) is 3.78. The number of nitrogens with two attached hydrogens (primary N) is 1. The summed E-state index contributed by atoms with van der Waals surface area (Å²) in [4.78, 5) is 34.9. The van der Waals surface area contributed by atoms with Crippen LogP contribution in [-0.2, 0) is 16.0 Å². The molecule has 0 radical (unpaired) electrons. The van der Waals surface area contributed by atoms with Crippen LogP contribution in [0.15, 0.2) is 12.1 Å². The fourth-order valence-corrected chi connectivity index (χ4v) is 2.61. The summed E-state index contributed by atoms with van der Waals surface area (Å²) in [5.41, 5.74) is 6.41. The summed E-state index contributed by atoms with van der Waals surface area (Å²) in [5, 5.41) is 19.8. The zero-order chi connectivity index (χ0) is 17.1. The predicted molar refractivity (Wildman–Crippen MR) is 80.6 cm³/mol. The van der Waals surface area contributed by atoms with Gasteiger partial charge in [-0.05, 0) is 18.9 Å². The van der Waals surface area contributed by atoms with E-state index >= 15 is 0 Å². The molecule has 9 heteroatoms. The van der Waals surface area contributed by atoms with Crippen molar-refractivity contribution in [2.24, 2.45) is 5.73 Å². The number of fused-ring (bicyclic) bond motifs is 1. The Morgan fingerprint density at radius 1 is 1.52 bits per heavy atom. The first-order chi connectivity index (χ1) is 10.9. The average Bonchev–Trinajstić information content (AvgIpc) is 2.94. The van der Waals surface area contributed by atoms with Gasteiger partial charge in [0, 0.05) is 24.6 Å². The van der Waals surface area contributed by atoms with Gasteiger partial charge < -0.3 is 20.5 Å². The Hall–Kier alpha value is -2.68. The Morgan fingerprint density at radius 2 is 2.22 bits per heavy atom. The summed E-state index contributed by atoms with van der Waals surface area (Å²) >= 11 is 0. The SMILES string of the molecule is COc1c([N+](=O)[O-])ccc2c1CCN2C(=O)CC[C@@H](N)C(=O)O. The number of carbonyl (C=O) groups is 2. The maximum atomic E-state index is 12.3. The molecule has 1 aromatic rings. The Bertz CT molecular complexity index is 660. The van der Waals surface area contributed by atoms with Gasteiger partial charge in [0.1, 0.15) is 6.04 Å². The van der Waals surface area contributed by atoms with Crippen LogP contribution in [0.3, 0.4) is 0 Å². The molecule has 124 valence electrons. The highest BCUT2D eigenvalue weighted by Gasteiger charge is 2.31. The molecule has 0 bridgehead atoms. The van der Waals surface area contributed by atoms with Crippen LogP contribution in [0.1, 0.15) is 18.4 Å². The number of aliphatic carboxylic acids is 1. The molecule has 9 nitrogen and oxygen atoms in total. The Kier molecular flexibility index (Phi) is 4.80. The number of rotatable bonds is 6. The standard InChI is InChI=1S/C14H17N3O6/c1-23-13-8-6-7-16(10(8)3-4-11(13)17(21)22)12(18)5-2-9(15)14(19)20/h3-4,9H,2,5-7,15H2,1H3,(H,19,20)/t9-/m1/s1. The smallest absolute Gasteiger partial charge is 0.320 e. The van der Waals surface area contributed by atoms with Crippen LogP contribution in [0.25, 0.3) is 0 Å². The van der Waals surface area contributed by atoms with Gasteiger partial charge in [-0.25, -0.2) is 0 Å². The summed E-state index contributed by atoms with van der Waals surface area (Å²) < 4.78 is 5.13. The number of amides is 1. The number of ether oxygens (including phenoxy) is 1. The van der Waals surface area contributed by atoms with E-state index in [4.69, 9.17) is 15.6 Å². The third kappa shape index (κ3) is 3.24. The van der Waals surface area contributed by atoms with Crippen molar-refractivity contribution in [2.45, 2.75) is 25.3 Å². The second kappa shape index (κ2) is 6.61. The fraction of sp³-hybridized carbons (Fsp3) is 0.429. The van der Waals surface area contributed by atoms with Crippen LogP contribution in [-0.4, -0.2) is 41.6 Å². The molecule has 0 saturated heterocycles. The van der Waals surface area contributed by atoms with E-state index in [9.17, 15) is 19.7 Å². The van der Waals surface area contributed by atoms with E-state index < -0.39 is 16.9 Å².